The van der Waals surface area contributed by atoms with Crippen LogP contribution in [0.3, 0.4) is 0 Å². The summed E-state index contributed by atoms with van der Waals surface area (Å²) in [4.78, 5) is 12.3. The molecule has 2 rings (SSSR count). The van der Waals surface area contributed by atoms with E-state index in [4.69, 9.17) is 0 Å². The summed E-state index contributed by atoms with van der Waals surface area (Å²) in [5.41, 5.74) is 3.72. The van der Waals surface area contributed by atoms with Crippen LogP contribution >= 0.6 is 0 Å². The fraction of sp³-hybridized carbons (Fsp3) is 0.350. The maximum atomic E-state index is 12.4. The summed E-state index contributed by atoms with van der Waals surface area (Å²) in [6, 6.07) is 12.0. The molecule has 27 heavy (non-hydrogen) atoms. The lowest BCUT2D eigenvalue weighted by Gasteiger charge is -2.21. The summed E-state index contributed by atoms with van der Waals surface area (Å²) in [7, 11) is -1.95. The molecule has 1 amide bonds. The van der Waals surface area contributed by atoms with Crippen LogP contribution in [-0.2, 0) is 14.8 Å². The predicted octanol–water partition coefficient (Wildman–Crippen LogP) is 3.38. The molecule has 0 bridgehead atoms. The summed E-state index contributed by atoms with van der Waals surface area (Å²) in [6.45, 7) is 7.75. The Labute approximate surface area is 161 Å². The number of sulfonamides is 1. The second-order valence-electron chi connectivity index (χ2n) is 6.84. The highest BCUT2D eigenvalue weighted by Crippen LogP contribution is 2.19. The van der Waals surface area contributed by atoms with Crippen molar-refractivity contribution >= 4 is 27.3 Å². The molecular weight excluding hydrogens is 362 g/mol. The summed E-state index contributed by atoms with van der Waals surface area (Å²) in [5, 5.41) is 5.84. The van der Waals surface area contributed by atoms with Crippen LogP contribution in [0.15, 0.2) is 47.4 Å². The molecule has 0 unspecified atom stereocenters. The first-order valence-corrected chi connectivity index (χ1v) is 10.2. The second-order valence-corrected chi connectivity index (χ2v) is 8.84. The molecule has 2 N–H and O–H groups in total. The van der Waals surface area contributed by atoms with Crippen LogP contribution in [0.25, 0.3) is 0 Å². The molecule has 0 aliphatic rings. The fourth-order valence-electron chi connectivity index (χ4n) is 2.40. The molecular formula is C20H27N3O3S. The molecule has 0 aliphatic carbocycles. The van der Waals surface area contributed by atoms with Gasteiger partial charge in [0.15, 0.2) is 0 Å². The van der Waals surface area contributed by atoms with E-state index in [2.05, 4.69) is 10.6 Å². The minimum absolute atomic E-state index is 0.0882. The Balaban J connectivity index is 1.96. The van der Waals surface area contributed by atoms with Gasteiger partial charge in [-0.1, -0.05) is 6.07 Å². The van der Waals surface area contributed by atoms with Crippen LogP contribution in [0.2, 0.25) is 0 Å². The number of benzene rings is 2. The van der Waals surface area contributed by atoms with Crippen molar-refractivity contribution in [3.8, 4) is 0 Å². The van der Waals surface area contributed by atoms with E-state index >= 15 is 0 Å². The molecule has 2 aromatic carbocycles. The molecule has 0 aliphatic heterocycles. The molecule has 0 aromatic heterocycles. The topological polar surface area (TPSA) is 78.5 Å². The van der Waals surface area contributed by atoms with Gasteiger partial charge in [-0.05, 0) is 75.2 Å². The van der Waals surface area contributed by atoms with Gasteiger partial charge in [0, 0.05) is 24.5 Å². The fourth-order valence-corrected chi connectivity index (χ4v) is 3.76. The highest BCUT2D eigenvalue weighted by Gasteiger charge is 2.22. The van der Waals surface area contributed by atoms with Crippen LogP contribution < -0.4 is 10.6 Å². The number of amides is 1. The van der Waals surface area contributed by atoms with E-state index in [0.29, 0.717) is 5.69 Å². The number of rotatable bonds is 7. The van der Waals surface area contributed by atoms with Crippen LogP contribution in [0, 0.1) is 13.8 Å². The summed E-state index contributed by atoms with van der Waals surface area (Å²) < 4.78 is 26.2. The molecule has 146 valence electrons. The number of nitrogens with one attached hydrogen (secondary N) is 2. The van der Waals surface area contributed by atoms with E-state index in [9.17, 15) is 13.2 Å². The first kappa shape index (κ1) is 20.9. The van der Waals surface area contributed by atoms with Crippen molar-refractivity contribution in [2.75, 3.05) is 24.2 Å². The minimum atomic E-state index is -3.51. The molecule has 0 spiro atoms. The second kappa shape index (κ2) is 8.54. The monoisotopic (exact) mass is 389 g/mol. The Bertz CT molecular complexity index is 907. The summed E-state index contributed by atoms with van der Waals surface area (Å²) in [5.74, 6) is -0.172. The van der Waals surface area contributed by atoms with Crippen molar-refractivity contribution in [1.82, 2.24) is 4.31 Å². The molecule has 0 saturated carbocycles. The maximum Gasteiger partial charge on any atom is 0.243 e. The zero-order valence-electron chi connectivity index (χ0n) is 16.4. The largest absolute Gasteiger partial charge is 0.376 e. The van der Waals surface area contributed by atoms with E-state index in [-0.39, 0.29) is 23.4 Å². The molecule has 0 fully saturated rings. The quantitative estimate of drug-likeness (QED) is 0.761. The van der Waals surface area contributed by atoms with Crippen molar-refractivity contribution in [3.05, 3.63) is 53.6 Å². The maximum absolute atomic E-state index is 12.4. The van der Waals surface area contributed by atoms with Gasteiger partial charge in [-0.15, -0.1) is 0 Å². The van der Waals surface area contributed by atoms with Crippen LogP contribution in [0.4, 0.5) is 11.4 Å². The summed E-state index contributed by atoms with van der Waals surface area (Å²) >= 11 is 0. The first-order chi connectivity index (χ1) is 12.6. The lowest BCUT2D eigenvalue weighted by molar-refractivity contribution is -0.114. The number of nitrogens with zero attached hydrogens (tertiary/aromatic N) is 1. The van der Waals surface area contributed by atoms with E-state index in [0.717, 1.165) is 11.3 Å². The highest BCUT2D eigenvalue weighted by atomic mass is 32.2. The van der Waals surface area contributed by atoms with E-state index < -0.39 is 10.0 Å². The number of aryl methyl sites for hydroxylation is 2. The predicted molar refractivity (Wildman–Crippen MR) is 110 cm³/mol. The zero-order valence-corrected chi connectivity index (χ0v) is 17.2. The third-order valence-corrected chi connectivity index (χ3v) is 6.55. The molecule has 0 heterocycles. The van der Waals surface area contributed by atoms with Crippen molar-refractivity contribution in [3.63, 3.8) is 0 Å². The number of carbonyl (C=O) groups excluding carboxylic acids is 1. The minimum Gasteiger partial charge on any atom is -0.376 e. The number of hydrogen-bond acceptors (Lipinski definition) is 4. The number of hydrogen-bond donors (Lipinski definition) is 2. The van der Waals surface area contributed by atoms with Gasteiger partial charge in [-0.25, -0.2) is 8.42 Å². The Morgan fingerprint density at radius 2 is 1.59 bits per heavy atom. The van der Waals surface area contributed by atoms with Gasteiger partial charge in [0.1, 0.15) is 0 Å². The smallest absolute Gasteiger partial charge is 0.243 e. The van der Waals surface area contributed by atoms with Gasteiger partial charge < -0.3 is 10.6 Å². The van der Waals surface area contributed by atoms with Gasteiger partial charge >= 0.3 is 0 Å². The van der Waals surface area contributed by atoms with Gasteiger partial charge in [0.05, 0.1) is 11.4 Å². The average molecular weight is 390 g/mol. The van der Waals surface area contributed by atoms with Crippen LogP contribution in [0.5, 0.6) is 0 Å². The Hall–Kier alpha value is -2.38. The van der Waals surface area contributed by atoms with Gasteiger partial charge in [0.2, 0.25) is 15.9 Å². The molecule has 7 heteroatoms. The van der Waals surface area contributed by atoms with Crippen molar-refractivity contribution < 1.29 is 13.2 Å². The van der Waals surface area contributed by atoms with Gasteiger partial charge in [-0.2, -0.15) is 4.31 Å². The average Bonchev–Trinajstić information content (AvgIpc) is 2.62. The molecule has 2 aromatic rings. The molecule has 0 saturated heterocycles. The van der Waals surface area contributed by atoms with Crippen LogP contribution in [-0.4, -0.2) is 38.3 Å². The lowest BCUT2D eigenvalue weighted by atomic mass is 10.1. The van der Waals surface area contributed by atoms with Crippen LogP contribution in [0.1, 0.15) is 25.0 Å². The first-order valence-electron chi connectivity index (χ1n) is 8.80. The summed E-state index contributed by atoms with van der Waals surface area (Å²) in [6.07, 6.45) is 0. The van der Waals surface area contributed by atoms with Gasteiger partial charge in [0.25, 0.3) is 0 Å². The highest BCUT2D eigenvalue weighted by molar-refractivity contribution is 7.89. The van der Waals surface area contributed by atoms with E-state index in [1.54, 1.807) is 19.2 Å². The Kier molecular flexibility index (Phi) is 6.62. The third-order valence-electron chi connectivity index (χ3n) is 4.50. The zero-order chi connectivity index (χ0) is 20.2. The van der Waals surface area contributed by atoms with Crippen molar-refractivity contribution in [1.29, 1.82) is 0 Å². The van der Waals surface area contributed by atoms with E-state index in [1.165, 1.54) is 22.0 Å². The SMILES string of the molecule is Cc1ccc(NC(=O)CNc2ccc(S(=O)(=O)N(C)C(C)C)cc2)cc1C. The third kappa shape index (κ3) is 5.30. The normalized spacial score (nSPS) is 11.7. The lowest BCUT2D eigenvalue weighted by Crippen LogP contribution is -2.33. The number of anilines is 2. The van der Waals surface area contributed by atoms with Crippen molar-refractivity contribution in [2.24, 2.45) is 0 Å². The van der Waals surface area contributed by atoms with Crippen molar-refractivity contribution in [2.45, 2.75) is 38.6 Å². The molecule has 0 radical (unpaired) electrons. The molecule has 0 atom stereocenters. The molecule has 6 nitrogen and oxygen atoms in total. The Morgan fingerprint density at radius 3 is 2.15 bits per heavy atom. The number of carbonyl (C=O) groups is 1. The van der Waals surface area contributed by atoms with E-state index in [1.807, 2.05) is 45.9 Å². The standard InChI is InChI=1S/C20H27N3O3S/c1-14(2)23(5)27(25,26)19-10-8-17(9-11-19)21-13-20(24)22-18-7-6-15(3)16(4)12-18/h6-12,14,21H,13H2,1-5H3,(H,22,24). The Morgan fingerprint density at radius 1 is 1.00 bits per heavy atom. The van der Waals surface area contributed by atoms with Gasteiger partial charge in [-0.3, -0.25) is 4.79 Å².